The summed E-state index contributed by atoms with van der Waals surface area (Å²) >= 11 is 6.30. The second-order valence-electron chi connectivity index (χ2n) is 5.84. The van der Waals surface area contributed by atoms with Crippen molar-refractivity contribution in [2.24, 2.45) is 0 Å². The number of carbonyl (C=O) groups is 1. The monoisotopic (exact) mass is 328 g/mol. The molecule has 0 aliphatic carbocycles. The average Bonchev–Trinajstić information content (AvgIpc) is 3.06. The van der Waals surface area contributed by atoms with E-state index in [1.165, 1.54) is 5.56 Å². The van der Waals surface area contributed by atoms with Crippen LogP contribution in [0.25, 0.3) is 0 Å². The van der Waals surface area contributed by atoms with E-state index in [1.54, 1.807) is 0 Å². The Balaban J connectivity index is 1.59. The highest BCUT2D eigenvalue weighted by atomic mass is 35.5. The molecule has 1 N–H and O–H groups in total. The Labute approximate surface area is 142 Å². The van der Waals surface area contributed by atoms with Crippen molar-refractivity contribution < 1.29 is 4.79 Å². The highest BCUT2D eigenvalue weighted by Crippen LogP contribution is 2.35. The summed E-state index contributed by atoms with van der Waals surface area (Å²) in [7, 11) is 0. The molecule has 1 saturated heterocycles. The molecule has 0 spiro atoms. The van der Waals surface area contributed by atoms with Crippen molar-refractivity contribution in [2.75, 3.05) is 13.1 Å². The number of halogens is 1. The minimum Gasteiger partial charge on any atom is -0.338 e. The molecule has 3 nitrogen and oxygen atoms in total. The van der Waals surface area contributed by atoms with Gasteiger partial charge in [0.2, 0.25) is 0 Å². The molecular formula is C19H21ClN2O. The van der Waals surface area contributed by atoms with Crippen LogP contribution in [-0.4, -0.2) is 24.0 Å². The Hall–Kier alpha value is -2.00. The first-order valence-corrected chi connectivity index (χ1v) is 8.46. The number of urea groups is 1. The van der Waals surface area contributed by atoms with Gasteiger partial charge in [-0.1, -0.05) is 60.1 Å². The highest BCUT2D eigenvalue weighted by Gasteiger charge is 2.30. The van der Waals surface area contributed by atoms with E-state index in [2.05, 4.69) is 17.4 Å². The third-order valence-electron chi connectivity index (χ3n) is 4.31. The van der Waals surface area contributed by atoms with Crippen LogP contribution in [0.15, 0.2) is 54.6 Å². The Bertz CT molecular complexity index is 659. The van der Waals surface area contributed by atoms with E-state index in [9.17, 15) is 4.79 Å². The first-order chi connectivity index (χ1) is 11.3. The summed E-state index contributed by atoms with van der Waals surface area (Å²) in [6.07, 6.45) is 2.83. The standard InChI is InChI=1S/C19H21ClN2O/c20-17-10-5-4-9-16(17)18-11-6-14-22(18)19(23)21-13-12-15-7-2-1-3-8-15/h1-5,7-10,18H,6,11-14H2,(H,21,23)/t18-/m1/s1. The lowest BCUT2D eigenvalue weighted by Gasteiger charge is -2.26. The summed E-state index contributed by atoms with van der Waals surface area (Å²) < 4.78 is 0. The lowest BCUT2D eigenvalue weighted by Crippen LogP contribution is -2.40. The number of amides is 2. The lowest BCUT2D eigenvalue weighted by molar-refractivity contribution is 0.193. The van der Waals surface area contributed by atoms with Crippen LogP contribution in [0, 0.1) is 0 Å². The van der Waals surface area contributed by atoms with Crippen LogP contribution in [-0.2, 0) is 6.42 Å². The Morgan fingerprint density at radius 3 is 2.65 bits per heavy atom. The molecule has 1 aliphatic rings. The van der Waals surface area contributed by atoms with E-state index in [-0.39, 0.29) is 12.1 Å². The molecule has 1 aliphatic heterocycles. The second-order valence-corrected chi connectivity index (χ2v) is 6.25. The molecule has 120 valence electrons. The largest absolute Gasteiger partial charge is 0.338 e. The van der Waals surface area contributed by atoms with E-state index in [1.807, 2.05) is 47.4 Å². The molecular weight excluding hydrogens is 308 g/mol. The number of benzene rings is 2. The summed E-state index contributed by atoms with van der Waals surface area (Å²) in [5.74, 6) is 0. The van der Waals surface area contributed by atoms with Gasteiger partial charge in [0, 0.05) is 18.1 Å². The van der Waals surface area contributed by atoms with Crippen LogP contribution >= 0.6 is 11.6 Å². The summed E-state index contributed by atoms with van der Waals surface area (Å²) in [6.45, 7) is 1.43. The minimum atomic E-state index is 0.00310. The quantitative estimate of drug-likeness (QED) is 0.884. The number of likely N-dealkylation sites (tertiary alicyclic amines) is 1. The maximum atomic E-state index is 12.5. The van der Waals surface area contributed by atoms with Gasteiger partial charge in [-0.3, -0.25) is 0 Å². The number of rotatable bonds is 4. The average molecular weight is 329 g/mol. The van der Waals surface area contributed by atoms with Crippen LogP contribution in [0.1, 0.15) is 30.0 Å². The zero-order chi connectivity index (χ0) is 16.1. The second kappa shape index (κ2) is 7.51. The first-order valence-electron chi connectivity index (χ1n) is 8.08. The molecule has 0 bridgehead atoms. The third-order valence-corrected chi connectivity index (χ3v) is 4.65. The molecule has 2 aromatic rings. The van der Waals surface area contributed by atoms with Gasteiger partial charge in [0.05, 0.1) is 6.04 Å². The summed E-state index contributed by atoms with van der Waals surface area (Å²) in [4.78, 5) is 14.4. The van der Waals surface area contributed by atoms with Crippen molar-refractivity contribution in [3.05, 3.63) is 70.7 Å². The van der Waals surface area contributed by atoms with Gasteiger partial charge in [-0.15, -0.1) is 0 Å². The van der Waals surface area contributed by atoms with E-state index in [4.69, 9.17) is 11.6 Å². The van der Waals surface area contributed by atoms with E-state index in [0.29, 0.717) is 6.54 Å². The molecule has 1 heterocycles. The number of hydrogen-bond acceptors (Lipinski definition) is 1. The molecule has 4 heteroatoms. The smallest absolute Gasteiger partial charge is 0.317 e. The summed E-state index contributed by atoms with van der Waals surface area (Å²) in [6, 6.07) is 18.1. The maximum absolute atomic E-state index is 12.5. The van der Waals surface area contributed by atoms with Crippen LogP contribution in [0.4, 0.5) is 4.79 Å². The van der Waals surface area contributed by atoms with Crippen molar-refractivity contribution in [1.29, 1.82) is 0 Å². The van der Waals surface area contributed by atoms with Gasteiger partial charge in [0.1, 0.15) is 0 Å². The number of carbonyl (C=O) groups excluding carboxylic acids is 1. The van der Waals surface area contributed by atoms with Crippen molar-refractivity contribution in [1.82, 2.24) is 10.2 Å². The molecule has 23 heavy (non-hydrogen) atoms. The number of nitrogens with zero attached hydrogens (tertiary/aromatic N) is 1. The SMILES string of the molecule is O=C(NCCc1ccccc1)N1CCC[C@@H]1c1ccccc1Cl. The molecule has 0 aromatic heterocycles. The molecule has 2 amide bonds. The third kappa shape index (κ3) is 3.85. The van der Waals surface area contributed by atoms with Crippen LogP contribution in [0.2, 0.25) is 5.02 Å². The summed E-state index contributed by atoms with van der Waals surface area (Å²) in [5.41, 5.74) is 2.28. The Kier molecular flexibility index (Phi) is 5.19. The predicted octanol–water partition coefficient (Wildman–Crippen LogP) is 4.43. The van der Waals surface area contributed by atoms with Crippen LogP contribution in [0.3, 0.4) is 0 Å². The fourth-order valence-electron chi connectivity index (χ4n) is 3.14. The van der Waals surface area contributed by atoms with Gasteiger partial charge in [0.15, 0.2) is 0 Å². The molecule has 0 saturated carbocycles. The molecule has 2 aromatic carbocycles. The topological polar surface area (TPSA) is 32.3 Å². The van der Waals surface area contributed by atoms with Crippen molar-refractivity contribution in [2.45, 2.75) is 25.3 Å². The molecule has 0 radical (unpaired) electrons. The fraction of sp³-hybridized carbons (Fsp3) is 0.316. The van der Waals surface area contributed by atoms with Gasteiger partial charge in [-0.2, -0.15) is 0 Å². The van der Waals surface area contributed by atoms with Gasteiger partial charge in [-0.25, -0.2) is 4.79 Å². The molecule has 3 rings (SSSR count). The van der Waals surface area contributed by atoms with Gasteiger partial charge in [-0.05, 0) is 36.5 Å². The minimum absolute atomic E-state index is 0.00310. The van der Waals surface area contributed by atoms with Crippen molar-refractivity contribution in [3.8, 4) is 0 Å². The van der Waals surface area contributed by atoms with E-state index in [0.717, 1.165) is 36.4 Å². The number of nitrogens with one attached hydrogen (secondary N) is 1. The van der Waals surface area contributed by atoms with Crippen LogP contribution in [0.5, 0.6) is 0 Å². The van der Waals surface area contributed by atoms with Crippen molar-refractivity contribution >= 4 is 17.6 Å². The maximum Gasteiger partial charge on any atom is 0.317 e. The number of hydrogen-bond donors (Lipinski definition) is 1. The fourth-order valence-corrected chi connectivity index (χ4v) is 3.40. The van der Waals surface area contributed by atoms with Gasteiger partial charge >= 0.3 is 6.03 Å². The normalized spacial score (nSPS) is 17.3. The zero-order valence-corrected chi connectivity index (χ0v) is 13.8. The lowest BCUT2D eigenvalue weighted by atomic mass is 10.0. The van der Waals surface area contributed by atoms with E-state index >= 15 is 0 Å². The van der Waals surface area contributed by atoms with Crippen molar-refractivity contribution in [3.63, 3.8) is 0 Å². The molecule has 1 atom stereocenters. The predicted molar refractivity (Wildman–Crippen MR) is 93.7 cm³/mol. The Morgan fingerprint density at radius 2 is 1.87 bits per heavy atom. The highest BCUT2D eigenvalue weighted by molar-refractivity contribution is 6.31. The molecule has 0 unspecified atom stereocenters. The molecule has 1 fully saturated rings. The Morgan fingerprint density at radius 1 is 1.13 bits per heavy atom. The first kappa shape index (κ1) is 15.9. The van der Waals surface area contributed by atoms with E-state index < -0.39 is 0 Å². The zero-order valence-electron chi connectivity index (χ0n) is 13.0. The van der Waals surface area contributed by atoms with Gasteiger partial charge < -0.3 is 10.2 Å². The van der Waals surface area contributed by atoms with Gasteiger partial charge in [0.25, 0.3) is 0 Å². The van der Waals surface area contributed by atoms with Crippen LogP contribution < -0.4 is 5.32 Å². The summed E-state index contributed by atoms with van der Waals surface area (Å²) in [5, 5.41) is 3.77.